The first kappa shape index (κ1) is 17.7. The monoisotopic (exact) mass is 358 g/mol. The number of carbonyl (C=O) groups is 1. The fraction of sp³-hybridized carbons (Fsp3) is 0.222. The van der Waals surface area contributed by atoms with Crippen LogP contribution in [0.2, 0.25) is 0 Å². The summed E-state index contributed by atoms with van der Waals surface area (Å²) in [6.45, 7) is 3.00. The molecule has 0 unspecified atom stereocenters. The Kier molecular flexibility index (Phi) is 4.75. The molecule has 0 radical (unpaired) electrons. The molecule has 0 aliphatic rings. The highest BCUT2D eigenvalue weighted by atomic mass is 19.1. The van der Waals surface area contributed by atoms with Crippen molar-refractivity contribution in [2.24, 2.45) is 0 Å². The molecule has 0 saturated heterocycles. The molecule has 26 heavy (non-hydrogen) atoms. The fourth-order valence-electron chi connectivity index (χ4n) is 2.64. The zero-order valence-electron chi connectivity index (χ0n) is 14.2. The zero-order valence-corrected chi connectivity index (χ0v) is 14.2. The number of benzene rings is 2. The number of aromatic nitrogens is 3. The van der Waals surface area contributed by atoms with E-state index in [1.807, 2.05) is 0 Å². The summed E-state index contributed by atoms with van der Waals surface area (Å²) in [4.78, 5) is 24.5. The van der Waals surface area contributed by atoms with E-state index in [-0.39, 0.29) is 10.9 Å². The molecule has 2 aromatic carbocycles. The molecule has 1 aromatic heterocycles. The van der Waals surface area contributed by atoms with Gasteiger partial charge in [-0.15, -0.1) is 5.10 Å². The van der Waals surface area contributed by atoms with Crippen LogP contribution >= 0.6 is 0 Å². The lowest BCUT2D eigenvalue weighted by molar-refractivity contribution is -0.122. The lowest BCUT2D eigenvalue weighted by Gasteiger charge is -2.15. The number of amides is 1. The van der Waals surface area contributed by atoms with E-state index in [1.54, 1.807) is 26.0 Å². The van der Waals surface area contributed by atoms with Crippen LogP contribution in [0.1, 0.15) is 24.1 Å². The molecule has 8 heteroatoms. The van der Waals surface area contributed by atoms with Gasteiger partial charge in [-0.05, 0) is 43.7 Å². The number of hydrogen-bond donors (Lipinski definition) is 1. The average Bonchev–Trinajstić information content (AvgIpc) is 2.57. The number of nitrogens with zero attached hydrogens (tertiary/aromatic N) is 3. The Bertz CT molecular complexity index is 1050. The third-order valence-electron chi connectivity index (χ3n) is 3.98. The minimum absolute atomic E-state index is 0.0328. The van der Waals surface area contributed by atoms with Crippen molar-refractivity contribution in [1.82, 2.24) is 20.3 Å². The van der Waals surface area contributed by atoms with Gasteiger partial charge in [-0.25, -0.2) is 13.5 Å². The zero-order chi connectivity index (χ0) is 18.8. The molecular weight excluding hydrogens is 342 g/mol. The summed E-state index contributed by atoms with van der Waals surface area (Å²) in [6, 6.07) is 7.69. The average molecular weight is 358 g/mol. The molecule has 1 N–H and O–H groups in total. The van der Waals surface area contributed by atoms with E-state index in [2.05, 4.69) is 15.6 Å². The molecule has 3 rings (SSSR count). The summed E-state index contributed by atoms with van der Waals surface area (Å²) in [6.07, 6.45) is 0. The van der Waals surface area contributed by atoms with Crippen LogP contribution in [0, 0.1) is 18.6 Å². The molecular formula is C18H16F2N4O2. The van der Waals surface area contributed by atoms with Crippen LogP contribution in [0.5, 0.6) is 0 Å². The van der Waals surface area contributed by atoms with E-state index >= 15 is 0 Å². The topological polar surface area (TPSA) is 76.9 Å². The van der Waals surface area contributed by atoms with Crippen molar-refractivity contribution in [2.75, 3.05) is 0 Å². The van der Waals surface area contributed by atoms with Crippen molar-refractivity contribution in [3.05, 3.63) is 69.5 Å². The van der Waals surface area contributed by atoms with Crippen LogP contribution in [0.15, 0.2) is 41.2 Å². The summed E-state index contributed by atoms with van der Waals surface area (Å²) in [7, 11) is 0. The summed E-state index contributed by atoms with van der Waals surface area (Å²) in [5.74, 6) is -1.54. The number of nitrogens with one attached hydrogen (secondary N) is 1. The van der Waals surface area contributed by atoms with E-state index in [0.29, 0.717) is 5.56 Å². The Morgan fingerprint density at radius 2 is 2.00 bits per heavy atom. The van der Waals surface area contributed by atoms with E-state index in [4.69, 9.17) is 0 Å². The van der Waals surface area contributed by atoms with E-state index in [9.17, 15) is 18.4 Å². The van der Waals surface area contributed by atoms with Gasteiger partial charge >= 0.3 is 0 Å². The Balaban J connectivity index is 1.78. The van der Waals surface area contributed by atoms with Gasteiger partial charge in [0.25, 0.3) is 5.56 Å². The maximum absolute atomic E-state index is 14.0. The predicted molar refractivity (Wildman–Crippen MR) is 91.5 cm³/mol. The van der Waals surface area contributed by atoms with Gasteiger partial charge in [-0.2, -0.15) is 0 Å². The van der Waals surface area contributed by atoms with Gasteiger partial charge in [0, 0.05) is 5.56 Å². The third-order valence-corrected chi connectivity index (χ3v) is 3.98. The van der Waals surface area contributed by atoms with Crippen LogP contribution in [0.4, 0.5) is 8.78 Å². The Morgan fingerprint density at radius 1 is 1.23 bits per heavy atom. The molecule has 3 aromatic rings. The fourth-order valence-corrected chi connectivity index (χ4v) is 2.64. The molecule has 0 aliphatic carbocycles. The molecule has 134 valence electrons. The van der Waals surface area contributed by atoms with E-state index in [0.717, 1.165) is 16.3 Å². The maximum Gasteiger partial charge on any atom is 0.278 e. The van der Waals surface area contributed by atoms with Crippen LogP contribution in [0.25, 0.3) is 10.9 Å². The van der Waals surface area contributed by atoms with Crippen molar-refractivity contribution in [3.8, 4) is 0 Å². The molecule has 0 spiro atoms. The number of halogens is 2. The second-order valence-electron chi connectivity index (χ2n) is 6.03. The van der Waals surface area contributed by atoms with Gasteiger partial charge in [0.1, 0.15) is 23.7 Å². The predicted octanol–water partition coefficient (Wildman–Crippen LogP) is 2.26. The molecule has 0 aliphatic heterocycles. The Morgan fingerprint density at radius 3 is 2.73 bits per heavy atom. The highest BCUT2D eigenvalue weighted by Crippen LogP contribution is 2.17. The minimum Gasteiger partial charge on any atom is -0.348 e. The quantitative estimate of drug-likeness (QED) is 0.776. The largest absolute Gasteiger partial charge is 0.348 e. The van der Waals surface area contributed by atoms with Crippen molar-refractivity contribution in [1.29, 1.82) is 0 Å². The number of carbonyl (C=O) groups excluding carboxylic acids is 1. The van der Waals surface area contributed by atoms with Crippen molar-refractivity contribution in [3.63, 3.8) is 0 Å². The molecule has 0 fully saturated rings. The van der Waals surface area contributed by atoms with Gasteiger partial charge in [0.15, 0.2) is 0 Å². The highest BCUT2D eigenvalue weighted by molar-refractivity contribution is 5.78. The lowest BCUT2D eigenvalue weighted by atomic mass is 10.1. The van der Waals surface area contributed by atoms with Gasteiger partial charge < -0.3 is 5.32 Å². The molecule has 1 atom stereocenters. The van der Waals surface area contributed by atoms with Crippen LogP contribution in [-0.2, 0) is 11.3 Å². The number of hydrogen-bond acceptors (Lipinski definition) is 4. The summed E-state index contributed by atoms with van der Waals surface area (Å²) in [5.41, 5.74) is 0.722. The maximum atomic E-state index is 14.0. The minimum atomic E-state index is -0.626. The first-order chi connectivity index (χ1) is 12.3. The molecule has 1 heterocycles. The van der Waals surface area contributed by atoms with Crippen LogP contribution in [-0.4, -0.2) is 20.9 Å². The molecule has 1 amide bonds. The van der Waals surface area contributed by atoms with Gasteiger partial charge in [-0.1, -0.05) is 17.3 Å². The molecule has 6 nitrogen and oxygen atoms in total. The van der Waals surface area contributed by atoms with Crippen LogP contribution < -0.4 is 10.9 Å². The van der Waals surface area contributed by atoms with Gasteiger partial charge in [0.2, 0.25) is 5.91 Å². The normalized spacial score (nSPS) is 12.2. The number of fused-ring (bicyclic) bond motifs is 1. The summed E-state index contributed by atoms with van der Waals surface area (Å²) in [5, 5.41) is 10.1. The standard InChI is InChI=1S/C18H16F2N4O2/c1-10-3-5-13(15(20)7-10)11(2)21-17(25)9-24-18(26)14-8-12(19)4-6-16(14)22-23-24/h3-8,11H,9H2,1-2H3,(H,21,25)/t11-/m0/s1. The van der Waals surface area contributed by atoms with E-state index < -0.39 is 35.7 Å². The Hall–Kier alpha value is -3.16. The smallest absolute Gasteiger partial charge is 0.278 e. The van der Waals surface area contributed by atoms with Crippen molar-refractivity contribution < 1.29 is 13.6 Å². The second-order valence-corrected chi connectivity index (χ2v) is 6.03. The first-order valence-electron chi connectivity index (χ1n) is 7.93. The highest BCUT2D eigenvalue weighted by Gasteiger charge is 2.16. The van der Waals surface area contributed by atoms with E-state index in [1.165, 1.54) is 18.2 Å². The van der Waals surface area contributed by atoms with Crippen LogP contribution in [0.3, 0.4) is 0 Å². The van der Waals surface area contributed by atoms with Gasteiger partial charge in [-0.3, -0.25) is 9.59 Å². The third kappa shape index (κ3) is 3.58. The second kappa shape index (κ2) is 6.99. The lowest BCUT2D eigenvalue weighted by Crippen LogP contribution is -2.35. The SMILES string of the molecule is Cc1ccc([C@H](C)NC(=O)Cn2nnc3ccc(F)cc3c2=O)c(F)c1. The molecule has 0 saturated carbocycles. The van der Waals surface area contributed by atoms with Crippen molar-refractivity contribution in [2.45, 2.75) is 26.4 Å². The molecule has 0 bridgehead atoms. The van der Waals surface area contributed by atoms with Crippen molar-refractivity contribution >= 4 is 16.8 Å². The number of aryl methyl sites for hydroxylation is 1. The summed E-state index contributed by atoms with van der Waals surface area (Å²) < 4.78 is 28.2. The summed E-state index contributed by atoms with van der Waals surface area (Å²) >= 11 is 0. The first-order valence-corrected chi connectivity index (χ1v) is 7.93. The van der Waals surface area contributed by atoms with Gasteiger partial charge in [0.05, 0.1) is 11.4 Å². The number of rotatable bonds is 4. The Labute approximate surface area is 147 Å².